The highest BCUT2D eigenvalue weighted by Gasteiger charge is 2.39. The number of halogens is 3. The average Bonchev–Trinajstić information content (AvgIpc) is 3.34. The third-order valence-electron chi connectivity index (χ3n) is 4.86. The summed E-state index contributed by atoms with van der Waals surface area (Å²) < 4.78 is 40.6. The van der Waals surface area contributed by atoms with Gasteiger partial charge in [-0.3, -0.25) is 4.99 Å². The second kappa shape index (κ2) is 8.65. The maximum Gasteiger partial charge on any atom is 0.451 e. The maximum atomic E-state index is 13.2. The van der Waals surface area contributed by atoms with Crippen LogP contribution in [0, 0.1) is 0 Å². The fourth-order valence-corrected chi connectivity index (χ4v) is 4.62. The molecule has 4 heterocycles. The lowest BCUT2D eigenvalue weighted by Crippen LogP contribution is -2.36. The van der Waals surface area contributed by atoms with Crippen molar-refractivity contribution in [2.45, 2.75) is 39.0 Å². The topological polar surface area (TPSA) is 110 Å². The monoisotopic (exact) mass is 453 g/mol. The van der Waals surface area contributed by atoms with Gasteiger partial charge in [0, 0.05) is 24.5 Å². The smallest absolute Gasteiger partial charge is 0.390 e. The summed E-state index contributed by atoms with van der Waals surface area (Å²) >= 11 is 1.60. The zero-order valence-electron chi connectivity index (χ0n) is 16.9. The third-order valence-corrected chi connectivity index (χ3v) is 5.94. The molecule has 0 bridgehead atoms. The van der Waals surface area contributed by atoms with Crippen LogP contribution in [0.2, 0.25) is 0 Å². The lowest BCUT2D eigenvalue weighted by atomic mass is 10.2. The molecule has 9 nitrogen and oxygen atoms in total. The standard InChI is InChI=1S/C18H22F3N9S/c1-2-3-11-8-12-14(25-17(26-15(12)31-11)24-5-4-23-10-22)29-6-7-30-13(9-29)27-28-16(30)18(19,20)21/h8,10H,2-7,9H2,1H3,(H2,22,23)(H,24,25,26). The highest BCUT2D eigenvalue weighted by molar-refractivity contribution is 7.18. The first-order chi connectivity index (χ1) is 14.9. The van der Waals surface area contributed by atoms with E-state index in [0.717, 1.165) is 27.6 Å². The number of aryl methyl sites for hydroxylation is 1. The minimum Gasteiger partial charge on any atom is -0.390 e. The summed E-state index contributed by atoms with van der Waals surface area (Å²) in [7, 11) is 0. The molecule has 4 rings (SSSR count). The van der Waals surface area contributed by atoms with Crippen molar-refractivity contribution in [3.05, 3.63) is 22.6 Å². The van der Waals surface area contributed by atoms with Gasteiger partial charge in [0.15, 0.2) is 5.82 Å². The van der Waals surface area contributed by atoms with E-state index in [-0.39, 0.29) is 18.9 Å². The van der Waals surface area contributed by atoms with Gasteiger partial charge in [-0.15, -0.1) is 21.5 Å². The van der Waals surface area contributed by atoms with Gasteiger partial charge in [-0.1, -0.05) is 13.3 Å². The molecular weight excluding hydrogens is 431 g/mol. The summed E-state index contributed by atoms with van der Waals surface area (Å²) in [5, 5.41) is 11.2. The molecule has 0 fully saturated rings. The number of nitrogens with one attached hydrogen (secondary N) is 1. The molecule has 0 aromatic carbocycles. The second-order valence-corrected chi connectivity index (χ2v) is 8.16. The Morgan fingerprint density at radius 1 is 1.29 bits per heavy atom. The number of anilines is 2. The van der Waals surface area contributed by atoms with Gasteiger partial charge < -0.3 is 20.5 Å². The molecule has 0 aliphatic carbocycles. The number of rotatable bonds is 7. The van der Waals surface area contributed by atoms with E-state index < -0.39 is 12.0 Å². The SMILES string of the molecule is CCCc1cc2c(N3CCn4c(nnc4C(F)(F)F)C3)nc(NCCN=CN)nc2s1. The number of hydrogen-bond donors (Lipinski definition) is 2. The van der Waals surface area contributed by atoms with Crippen LogP contribution in [0.15, 0.2) is 11.1 Å². The third kappa shape index (κ3) is 4.40. The van der Waals surface area contributed by atoms with Crippen molar-refractivity contribution in [3.63, 3.8) is 0 Å². The molecule has 0 unspecified atom stereocenters. The van der Waals surface area contributed by atoms with Crippen LogP contribution >= 0.6 is 11.3 Å². The highest BCUT2D eigenvalue weighted by Crippen LogP contribution is 2.35. The molecular formula is C18H22F3N9S. The first-order valence-electron chi connectivity index (χ1n) is 9.89. The maximum absolute atomic E-state index is 13.2. The Morgan fingerprint density at radius 2 is 2.13 bits per heavy atom. The van der Waals surface area contributed by atoms with Crippen molar-refractivity contribution in [1.29, 1.82) is 0 Å². The number of thiophene rings is 1. The summed E-state index contributed by atoms with van der Waals surface area (Å²) in [6.07, 6.45) is -1.35. The molecule has 0 spiro atoms. The van der Waals surface area contributed by atoms with Gasteiger partial charge in [0.1, 0.15) is 10.6 Å². The number of nitrogens with two attached hydrogens (primary N) is 1. The van der Waals surface area contributed by atoms with Crippen molar-refractivity contribution in [2.75, 3.05) is 29.9 Å². The molecule has 0 radical (unpaired) electrons. The van der Waals surface area contributed by atoms with Crippen molar-refractivity contribution >= 4 is 39.7 Å². The second-order valence-electron chi connectivity index (χ2n) is 7.05. The quantitative estimate of drug-likeness (QED) is 0.321. The van der Waals surface area contributed by atoms with Crippen LogP contribution in [0.4, 0.5) is 24.9 Å². The van der Waals surface area contributed by atoms with Gasteiger partial charge in [-0.25, -0.2) is 4.98 Å². The van der Waals surface area contributed by atoms with Crippen LogP contribution in [-0.4, -0.2) is 50.7 Å². The molecule has 0 saturated heterocycles. The molecule has 1 aliphatic heterocycles. The highest BCUT2D eigenvalue weighted by atomic mass is 32.1. The fourth-order valence-electron chi connectivity index (χ4n) is 3.50. The molecule has 3 aromatic heterocycles. The van der Waals surface area contributed by atoms with E-state index in [9.17, 15) is 13.2 Å². The Morgan fingerprint density at radius 3 is 2.87 bits per heavy atom. The number of fused-ring (bicyclic) bond motifs is 2. The molecule has 0 amide bonds. The Bertz CT molecular complexity index is 1090. The van der Waals surface area contributed by atoms with E-state index >= 15 is 0 Å². The first kappa shape index (κ1) is 21.3. The van der Waals surface area contributed by atoms with E-state index in [4.69, 9.17) is 5.73 Å². The van der Waals surface area contributed by atoms with Gasteiger partial charge in [0.2, 0.25) is 11.8 Å². The molecule has 13 heteroatoms. The number of nitrogens with zero attached hydrogens (tertiary/aromatic N) is 7. The van der Waals surface area contributed by atoms with Crippen LogP contribution in [0.5, 0.6) is 0 Å². The molecule has 0 saturated carbocycles. The largest absolute Gasteiger partial charge is 0.451 e. The van der Waals surface area contributed by atoms with Crippen molar-refractivity contribution in [1.82, 2.24) is 24.7 Å². The molecule has 166 valence electrons. The van der Waals surface area contributed by atoms with Gasteiger partial charge in [-0.05, 0) is 12.5 Å². The first-order valence-corrected chi connectivity index (χ1v) is 10.7. The summed E-state index contributed by atoms with van der Waals surface area (Å²) in [5.74, 6) is 0.429. The Hall–Kier alpha value is -2.96. The number of alkyl halides is 3. The lowest BCUT2D eigenvalue weighted by Gasteiger charge is -2.29. The lowest BCUT2D eigenvalue weighted by molar-refractivity contribution is -0.147. The van der Waals surface area contributed by atoms with Crippen LogP contribution in [0.3, 0.4) is 0 Å². The van der Waals surface area contributed by atoms with Gasteiger partial charge in [-0.2, -0.15) is 18.2 Å². The summed E-state index contributed by atoms with van der Waals surface area (Å²) in [5.41, 5.74) is 5.26. The van der Waals surface area contributed by atoms with Crippen LogP contribution in [-0.2, 0) is 25.7 Å². The normalized spacial score (nSPS) is 14.5. The Kier molecular flexibility index (Phi) is 5.94. The van der Waals surface area contributed by atoms with Crippen LogP contribution in [0.1, 0.15) is 29.9 Å². The molecule has 3 N–H and O–H groups in total. The zero-order valence-corrected chi connectivity index (χ0v) is 17.7. The Labute approximate surface area is 180 Å². The van der Waals surface area contributed by atoms with Gasteiger partial charge in [0.25, 0.3) is 0 Å². The minimum absolute atomic E-state index is 0.128. The van der Waals surface area contributed by atoms with E-state index in [1.807, 2.05) is 4.90 Å². The fraction of sp³-hybridized carbons (Fsp3) is 0.500. The van der Waals surface area contributed by atoms with E-state index in [1.54, 1.807) is 11.3 Å². The minimum atomic E-state index is -4.53. The number of aromatic nitrogens is 5. The predicted molar refractivity (Wildman–Crippen MR) is 114 cm³/mol. The molecule has 0 atom stereocenters. The van der Waals surface area contributed by atoms with Crippen LogP contribution in [0.25, 0.3) is 10.2 Å². The van der Waals surface area contributed by atoms with Crippen molar-refractivity contribution in [2.24, 2.45) is 10.7 Å². The van der Waals surface area contributed by atoms with E-state index in [0.29, 0.717) is 31.4 Å². The Balaban J connectivity index is 1.67. The van der Waals surface area contributed by atoms with E-state index in [2.05, 4.69) is 43.5 Å². The number of aliphatic imine (C=N–C) groups is 1. The van der Waals surface area contributed by atoms with Crippen molar-refractivity contribution < 1.29 is 13.2 Å². The molecule has 31 heavy (non-hydrogen) atoms. The number of hydrogen-bond acceptors (Lipinski definition) is 8. The van der Waals surface area contributed by atoms with Crippen molar-refractivity contribution in [3.8, 4) is 0 Å². The summed E-state index contributed by atoms with van der Waals surface area (Å²) in [6, 6.07) is 2.07. The van der Waals surface area contributed by atoms with E-state index in [1.165, 1.54) is 11.2 Å². The molecule has 1 aliphatic rings. The zero-order chi connectivity index (χ0) is 22.0. The van der Waals surface area contributed by atoms with Crippen LogP contribution < -0.4 is 16.0 Å². The predicted octanol–water partition coefficient (Wildman–Crippen LogP) is 2.67. The average molecular weight is 453 g/mol. The summed E-state index contributed by atoms with van der Waals surface area (Å²) in [6.45, 7) is 3.77. The molecule has 3 aromatic rings. The van der Waals surface area contributed by atoms with Gasteiger partial charge in [0.05, 0.1) is 24.8 Å². The summed E-state index contributed by atoms with van der Waals surface area (Å²) in [4.78, 5) is 17.2. The van der Waals surface area contributed by atoms with Gasteiger partial charge >= 0.3 is 6.18 Å².